The first-order valence-corrected chi connectivity index (χ1v) is 7.48. The van der Waals surface area contributed by atoms with E-state index in [1.54, 1.807) is 12.7 Å². The van der Waals surface area contributed by atoms with E-state index in [2.05, 4.69) is 20.4 Å². The van der Waals surface area contributed by atoms with Crippen LogP contribution in [0.5, 0.6) is 0 Å². The number of carbonyl (C=O) groups excluding carboxylic acids is 1. The molecule has 0 spiro atoms. The standard InChI is InChI=1S/C16H16N6O/c1-10(2)16(23)20-11-3-4-14-13(5-11)15-18-8-19-22(15)7-12-6-17-9-21(12)14/h3-6,8-10H,7H2,1-2H3,(H,20,23). The highest BCUT2D eigenvalue weighted by atomic mass is 16.1. The van der Waals surface area contributed by atoms with Gasteiger partial charge in [0.2, 0.25) is 5.91 Å². The number of nitrogens with zero attached hydrogens (tertiary/aromatic N) is 5. The van der Waals surface area contributed by atoms with Crippen molar-refractivity contribution in [2.24, 2.45) is 5.92 Å². The molecule has 1 amide bonds. The largest absolute Gasteiger partial charge is 0.326 e. The number of amides is 1. The average molecular weight is 308 g/mol. The lowest BCUT2D eigenvalue weighted by Gasteiger charge is -2.12. The molecule has 23 heavy (non-hydrogen) atoms. The number of benzene rings is 1. The third-order valence-corrected chi connectivity index (χ3v) is 3.93. The van der Waals surface area contributed by atoms with Crippen LogP contribution in [-0.4, -0.2) is 30.2 Å². The zero-order valence-corrected chi connectivity index (χ0v) is 12.9. The van der Waals surface area contributed by atoms with Crippen LogP contribution >= 0.6 is 0 Å². The lowest BCUT2D eigenvalue weighted by Crippen LogP contribution is -2.17. The van der Waals surface area contributed by atoms with Gasteiger partial charge < -0.3 is 9.88 Å². The van der Waals surface area contributed by atoms with Crippen LogP contribution < -0.4 is 5.32 Å². The third kappa shape index (κ3) is 2.21. The molecule has 0 bridgehead atoms. The molecular formula is C16H16N6O. The van der Waals surface area contributed by atoms with E-state index in [-0.39, 0.29) is 11.8 Å². The number of rotatable bonds is 2. The van der Waals surface area contributed by atoms with Crippen molar-refractivity contribution in [3.63, 3.8) is 0 Å². The molecule has 0 radical (unpaired) electrons. The number of hydrogen-bond donors (Lipinski definition) is 1. The van der Waals surface area contributed by atoms with Gasteiger partial charge in [0.15, 0.2) is 5.82 Å². The molecule has 4 rings (SSSR count). The number of carbonyl (C=O) groups is 1. The van der Waals surface area contributed by atoms with Gasteiger partial charge in [0.05, 0.1) is 30.5 Å². The molecule has 0 fully saturated rings. The lowest BCUT2D eigenvalue weighted by molar-refractivity contribution is -0.118. The molecule has 0 unspecified atom stereocenters. The zero-order valence-electron chi connectivity index (χ0n) is 12.9. The fourth-order valence-electron chi connectivity index (χ4n) is 2.69. The Morgan fingerprint density at radius 2 is 2.22 bits per heavy atom. The minimum atomic E-state index is -0.0716. The van der Waals surface area contributed by atoms with Gasteiger partial charge in [-0.15, -0.1) is 0 Å². The first kappa shape index (κ1) is 13.7. The minimum absolute atomic E-state index is 0.0108. The predicted octanol–water partition coefficient (Wildman–Crippen LogP) is 2.09. The number of hydrogen-bond acceptors (Lipinski definition) is 4. The van der Waals surface area contributed by atoms with Crippen LogP contribution in [0.25, 0.3) is 17.1 Å². The summed E-state index contributed by atoms with van der Waals surface area (Å²) in [6, 6.07) is 5.81. The Bertz CT molecular complexity index is 892. The summed E-state index contributed by atoms with van der Waals surface area (Å²) in [5.74, 6) is 0.699. The van der Waals surface area contributed by atoms with Crippen molar-refractivity contribution >= 4 is 11.6 Å². The molecule has 1 aliphatic heterocycles. The summed E-state index contributed by atoms with van der Waals surface area (Å²) in [4.78, 5) is 20.6. The summed E-state index contributed by atoms with van der Waals surface area (Å²) in [7, 11) is 0. The molecule has 1 aliphatic rings. The molecule has 116 valence electrons. The molecule has 1 aromatic carbocycles. The van der Waals surface area contributed by atoms with Gasteiger partial charge in [-0.05, 0) is 18.2 Å². The molecule has 3 aromatic rings. The summed E-state index contributed by atoms with van der Waals surface area (Å²) in [6.07, 6.45) is 5.16. The van der Waals surface area contributed by atoms with Crippen LogP contribution in [0.15, 0.2) is 37.1 Å². The highest BCUT2D eigenvalue weighted by Crippen LogP contribution is 2.32. The minimum Gasteiger partial charge on any atom is -0.326 e. The Balaban J connectivity index is 1.86. The van der Waals surface area contributed by atoms with Crippen molar-refractivity contribution in [3.8, 4) is 17.1 Å². The van der Waals surface area contributed by atoms with E-state index >= 15 is 0 Å². The highest BCUT2D eigenvalue weighted by Gasteiger charge is 2.21. The first-order valence-electron chi connectivity index (χ1n) is 7.48. The lowest BCUT2D eigenvalue weighted by atomic mass is 10.1. The second-order valence-electron chi connectivity index (χ2n) is 5.87. The molecule has 1 N–H and O–H groups in total. The molecule has 0 atom stereocenters. The van der Waals surface area contributed by atoms with Crippen LogP contribution in [-0.2, 0) is 11.3 Å². The molecule has 3 heterocycles. The van der Waals surface area contributed by atoms with E-state index in [4.69, 9.17) is 0 Å². The molecule has 0 saturated heterocycles. The average Bonchev–Trinajstić information content (AvgIpc) is 3.15. The number of fused-ring (bicyclic) bond motifs is 5. The normalized spacial score (nSPS) is 12.3. The quantitative estimate of drug-likeness (QED) is 0.615. The summed E-state index contributed by atoms with van der Waals surface area (Å²) < 4.78 is 3.87. The SMILES string of the molecule is CC(C)C(=O)Nc1ccc2c(c1)-c1ncnn1Cc1cncn1-2. The van der Waals surface area contributed by atoms with Crippen molar-refractivity contribution < 1.29 is 4.79 Å². The van der Waals surface area contributed by atoms with Gasteiger partial charge >= 0.3 is 0 Å². The van der Waals surface area contributed by atoms with Crippen LogP contribution in [0.4, 0.5) is 5.69 Å². The monoisotopic (exact) mass is 308 g/mol. The summed E-state index contributed by atoms with van der Waals surface area (Å²) >= 11 is 0. The van der Waals surface area contributed by atoms with Gasteiger partial charge in [0.25, 0.3) is 0 Å². The first-order chi connectivity index (χ1) is 11.1. The Morgan fingerprint density at radius 3 is 3.04 bits per heavy atom. The maximum Gasteiger partial charge on any atom is 0.226 e. The zero-order chi connectivity index (χ0) is 16.0. The van der Waals surface area contributed by atoms with Crippen molar-refractivity contribution in [3.05, 3.63) is 42.7 Å². The molecule has 0 saturated carbocycles. The number of imidazole rings is 1. The Morgan fingerprint density at radius 1 is 1.35 bits per heavy atom. The van der Waals surface area contributed by atoms with E-state index in [0.717, 1.165) is 28.5 Å². The van der Waals surface area contributed by atoms with Gasteiger partial charge in [0.1, 0.15) is 6.33 Å². The van der Waals surface area contributed by atoms with Crippen LogP contribution in [0.2, 0.25) is 0 Å². The summed E-state index contributed by atoms with van der Waals surface area (Å²) in [5.41, 5.74) is 3.68. The van der Waals surface area contributed by atoms with Gasteiger partial charge in [-0.25, -0.2) is 14.6 Å². The van der Waals surface area contributed by atoms with Gasteiger partial charge in [0, 0.05) is 17.2 Å². The smallest absolute Gasteiger partial charge is 0.226 e. The summed E-state index contributed by atoms with van der Waals surface area (Å²) in [5, 5.41) is 7.22. The van der Waals surface area contributed by atoms with Gasteiger partial charge in [-0.3, -0.25) is 4.79 Å². The highest BCUT2D eigenvalue weighted by molar-refractivity contribution is 5.93. The van der Waals surface area contributed by atoms with Gasteiger partial charge in [-0.1, -0.05) is 13.8 Å². The number of anilines is 1. The van der Waals surface area contributed by atoms with Crippen molar-refractivity contribution in [2.75, 3.05) is 5.32 Å². The maximum absolute atomic E-state index is 11.9. The molecule has 7 heteroatoms. The third-order valence-electron chi connectivity index (χ3n) is 3.93. The molecule has 0 aliphatic carbocycles. The van der Waals surface area contributed by atoms with Crippen LogP contribution in [0.1, 0.15) is 19.5 Å². The van der Waals surface area contributed by atoms with Crippen molar-refractivity contribution in [2.45, 2.75) is 20.4 Å². The van der Waals surface area contributed by atoms with Crippen molar-refractivity contribution in [1.29, 1.82) is 0 Å². The second kappa shape index (κ2) is 5.05. The number of aromatic nitrogens is 5. The van der Waals surface area contributed by atoms with E-state index in [9.17, 15) is 4.79 Å². The molecular weight excluding hydrogens is 292 g/mol. The fraction of sp³-hybridized carbons (Fsp3) is 0.250. The number of nitrogens with one attached hydrogen (secondary N) is 1. The Kier molecular flexibility index (Phi) is 3.00. The second-order valence-corrected chi connectivity index (χ2v) is 5.87. The van der Waals surface area contributed by atoms with E-state index in [0.29, 0.717) is 6.54 Å². The predicted molar refractivity (Wildman–Crippen MR) is 85.1 cm³/mol. The topological polar surface area (TPSA) is 77.6 Å². The van der Waals surface area contributed by atoms with Gasteiger partial charge in [-0.2, -0.15) is 5.10 Å². The van der Waals surface area contributed by atoms with E-state index < -0.39 is 0 Å². The summed E-state index contributed by atoms with van der Waals surface area (Å²) in [6.45, 7) is 4.35. The van der Waals surface area contributed by atoms with E-state index in [1.165, 1.54) is 0 Å². The van der Waals surface area contributed by atoms with E-state index in [1.807, 2.05) is 47.5 Å². The van der Waals surface area contributed by atoms with Crippen LogP contribution in [0, 0.1) is 5.92 Å². The Hall–Kier alpha value is -2.96. The maximum atomic E-state index is 11.9. The molecule has 2 aromatic heterocycles. The molecule has 7 nitrogen and oxygen atoms in total. The van der Waals surface area contributed by atoms with Crippen molar-refractivity contribution in [1.82, 2.24) is 24.3 Å². The van der Waals surface area contributed by atoms with Crippen LogP contribution in [0.3, 0.4) is 0 Å². The Labute approximate surface area is 133 Å². The fourth-order valence-corrected chi connectivity index (χ4v) is 2.69.